The maximum atomic E-state index is 13.8. The summed E-state index contributed by atoms with van der Waals surface area (Å²) in [6, 6.07) is 4.72. The Morgan fingerprint density at radius 2 is 2.00 bits per heavy atom. The average molecular weight is 499 g/mol. The van der Waals surface area contributed by atoms with Crippen LogP contribution < -0.4 is 10.3 Å². The predicted molar refractivity (Wildman–Crippen MR) is 108 cm³/mol. The minimum absolute atomic E-state index is 0.0970. The number of halogens is 3. The molecule has 0 amide bonds. The first kappa shape index (κ1) is 22.2. The summed E-state index contributed by atoms with van der Waals surface area (Å²) in [6.45, 7) is 3.10. The molecule has 11 heteroatoms. The number of nitrogens with zero attached hydrogens (tertiary/aromatic N) is 3. The maximum Gasteiger partial charge on any atom is 0.273 e. The van der Waals surface area contributed by atoms with Crippen LogP contribution in [-0.4, -0.2) is 23.3 Å². The molecule has 158 valence electrons. The summed E-state index contributed by atoms with van der Waals surface area (Å²) < 4.78 is 55.5. The van der Waals surface area contributed by atoms with Gasteiger partial charge in [0.1, 0.15) is 34.3 Å². The van der Waals surface area contributed by atoms with Gasteiger partial charge in [-0.15, -0.1) is 0 Å². The molecule has 0 fully saturated rings. The van der Waals surface area contributed by atoms with Crippen molar-refractivity contribution >= 4 is 27.0 Å². The SMILES string of the molecule is Cc1nc(CS(=O)[O-])ncc1-n1c(C)cc(OCc2ccc(F)cc2F)c(Br)c1=O. The summed E-state index contributed by atoms with van der Waals surface area (Å²) in [7, 11) is 0. The Hall–Kier alpha value is -2.50. The highest BCUT2D eigenvalue weighted by molar-refractivity contribution is 9.10. The lowest BCUT2D eigenvalue weighted by Crippen LogP contribution is -2.23. The van der Waals surface area contributed by atoms with Crippen molar-refractivity contribution in [1.82, 2.24) is 14.5 Å². The monoisotopic (exact) mass is 498 g/mol. The molecule has 0 aliphatic carbocycles. The van der Waals surface area contributed by atoms with E-state index < -0.39 is 28.3 Å². The molecule has 7 nitrogen and oxygen atoms in total. The fraction of sp³-hybridized carbons (Fsp3) is 0.211. The molecular weight excluding hydrogens is 484 g/mol. The zero-order valence-electron chi connectivity index (χ0n) is 15.8. The third-order valence-electron chi connectivity index (χ3n) is 4.19. The summed E-state index contributed by atoms with van der Waals surface area (Å²) in [5.41, 5.74) is 0.973. The van der Waals surface area contributed by atoms with Gasteiger partial charge in [0.05, 0.1) is 23.3 Å². The van der Waals surface area contributed by atoms with Crippen molar-refractivity contribution in [2.45, 2.75) is 26.2 Å². The molecule has 2 aromatic heterocycles. The Balaban J connectivity index is 1.93. The Labute approximate surface area is 181 Å². The van der Waals surface area contributed by atoms with Crippen molar-refractivity contribution in [3.8, 4) is 11.4 Å². The fourth-order valence-electron chi connectivity index (χ4n) is 2.78. The molecule has 0 bridgehead atoms. The highest BCUT2D eigenvalue weighted by atomic mass is 79.9. The zero-order chi connectivity index (χ0) is 22.0. The number of benzene rings is 1. The molecule has 30 heavy (non-hydrogen) atoms. The number of hydrogen-bond acceptors (Lipinski definition) is 6. The first-order chi connectivity index (χ1) is 14.2. The van der Waals surface area contributed by atoms with E-state index in [0.29, 0.717) is 17.1 Å². The van der Waals surface area contributed by atoms with E-state index in [2.05, 4.69) is 25.9 Å². The van der Waals surface area contributed by atoms with Gasteiger partial charge < -0.3 is 9.29 Å². The van der Waals surface area contributed by atoms with E-state index in [4.69, 9.17) is 4.74 Å². The zero-order valence-corrected chi connectivity index (χ0v) is 18.2. The van der Waals surface area contributed by atoms with Crippen LogP contribution in [0.15, 0.2) is 39.7 Å². The van der Waals surface area contributed by atoms with Crippen LogP contribution in [0, 0.1) is 25.5 Å². The van der Waals surface area contributed by atoms with Crippen LogP contribution in [0.25, 0.3) is 5.69 Å². The molecule has 0 N–H and O–H groups in total. The van der Waals surface area contributed by atoms with Crippen molar-refractivity contribution in [3.63, 3.8) is 0 Å². The van der Waals surface area contributed by atoms with Gasteiger partial charge in [-0.3, -0.25) is 13.6 Å². The number of rotatable bonds is 6. The summed E-state index contributed by atoms with van der Waals surface area (Å²) >= 11 is 0.876. The summed E-state index contributed by atoms with van der Waals surface area (Å²) in [5.74, 6) is -1.46. The molecule has 1 unspecified atom stereocenters. The van der Waals surface area contributed by atoms with Gasteiger partial charge in [0.2, 0.25) is 0 Å². The molecule has 0 aliphatic heterocycles. The first-order valence-corrected chi connectivity index (χ1v) is 10.6. The molecule has 0 saturated heterocycles. The maximum absolute atomic E-state index is 13.8. The Morgan fingerprint density at radius 1 is 1.27 bits per heavy atom. The van der Waals surface area contributed by atoms with E-state index >= 15 is 0 Å². The third kappa shape index (κ3) is 4.79. The second kappa shape index (κ2) is 9.11. The Morgan fingerprint density at radius 3 is 2.63 bits per heavy atom. The Bertz CT molecular complexity index is 1200. The topological polar surface area (TPSA) is 97.1 Å². The highest BCUT2D eigenvalue weighted by Gasteiger charge is 2.17. The second-order valence-corrected chi connectivity index (χ2v) is 8.02. The lowest BCUT2D eigenvalue weighted by molar-refractivity contribution is 0.296. The van der Waals surface area contributed by atoms with Crippen LogP contribution >= 0.6 is 15.9 Å². The third-order valence-corrected chi connectivity index (χ3v) is 5.41. The standard InChI is InChI=1S/C19H16BrF2N3O4S/c1-10-5-16(29-8-12-3-4-13(21)6-14(12)22)18(20)19(26)25(10)15-7-23-17(9-30(27)28)24-11(15)2/h3-7H,8-9H2,1-2H3,(H,27,28)/p-1. The van der Waals surface area contributed by atoms with Gasteiger partial charge >= 0.3 is 0 Å². The summed E-state index contributed by atoms with van der Waals surface area (Å²) in [5, 5.41) is 0. The second-order valence-electron chi connectivity index (χ2n) is 6.33. The van der Waals surface area contributed by atoms with Crippen LogP contribution in [-0.2, 0) is 23.4 Å². The molecule has 2 heterocycles. The van der Waals surface area contributed by atoms with Crippen LogP contribution in [0.4, 0.5) is 8.78 Å². The van der Waals surface area contributed by atoms with Gasteiger partial charge in [-0.2, -0.15) is 0 Å². The van der Waals surface area contributed by atoms with E-state index in [1.54, 1.807) is 19.9 Å². The number of aromatic nitrogens is 3. The first-order valence-electron chi connectivity index (χ1n) is 8.55. The lowest BCUT2D eigenvalue weighted by atomic mass is 10.2. The van der Waals surface area contributed by atoms with Gasteiger partial charge in [0, 0.05) is 23.4 Å². The van der Waals surface area contributed by atoms with Gasteiger partial charge in [0.15, 0.2) is 0 Å². The normalized spacial score (nSPS) is 12.1. The van der Waals surface area contributed by atoms with Crippen LogP contribution in [0.5, 0.6) is 5.75 Å². The van der Waals surface area contributed by atoms with Crippen LogP contribution in [0.2, 0.25) is 0 Å². The molecule has 0 saturated carbocycles. The summed E-state index contributed by atoms with van der Waals surface area (Å²) in [4.78, 5) is 21.0. The summed E-state index contributed by atoms with van der Waals surface area (Å²) in [6.07, 6.45) is 1.37. The van der Waals surface area contributed by atoms with Gasteiger partial charge in [-0.05, 0) is 53.0 Å². The van der Waals surface area contributed by atoms with Crippen molar-refractivity contribution in [3.05, 3.63) is 79.7 Å². The van der Waals surface area contributed by atoms with E-state index in [-0.39, 0.29) is 34.0 Å². The van der Waals surface area contributed by atoms with Crippen LogP contribution in [0.3, 0.4) is 0 Å². The minimum atomic E-state index is -2.33. The van der Waals surface area contributed by atoms with E-state index in [1.165, 1.54) is 16.8 Å². The number of hydrogen-bond donors (Lipinski definition) is 0. The van der Waals surface area contributed by atoms with Gasteiger partial charge in [-0.1, -0.05) is 0 Å². The van der Waals surface area contributed by atoms with Crippen molar-refractivity contribution in [2.24, 2.45) is 0 Å². The minimum Gasteiger partial charge on any atom is -0.772 e. The number of aryl methyl sites for hydroxylation is 2. The van der Waals surface area contributed by atoms with Crippen molar-refractivity contribution in [2.75, 3.05) is 0 Å². The molecule has 3 aromatic rings. The predicted octanol–water partition coefficient (Wildman–Crippen LogP) is 3.24. The number of ether oxygens (including phenoxy) is 1. The number of pyridine rings is 1. The molecule has 3 rings (SSSR count). The molecular formula is C19H15BrF2N3O4S-. The highest BCUT2D eigenvalue weighted by Crippen LogP contribution is 2.26. The van der Waals surface area contributed by atoms with Crippen molar-refractivity contribution in [1.29, 1.82) is 0 Å². The van der Waals surface area contributed by atoms with Crippen LogP contribution in [0.1, 0.15) is 22.8 Å². The molecule has 1 aromatic carbocycles. The molecule has 0 aliphatic rings. The fourth-order valence-corrected chi connectivity index (χ4v) is 3.54. The largest absolute Gasteiger partial charge is 0.772 e. The lowest BCUT2D eigenvalue weighted by Gasteiger charge is -2.16. The molecule has 0 radical (unpaired) electrons. The Kier molecular flexibility index (Phi) is 6.74. The molecule has 1 atom stereocenters. The van der Waals surface area contributed by atoms with E-state index in [1.807, 2.05) is 0 Å². The van der Waals surface area contributed by atoms with Gasteiger partial charge in [-0.25, -0.2) is 18.7 Å². The van der Waals surface area contributed by atoms with E-state index in [0.717, 1.165) is 12.1 Å². The quantitative estimate of drug-likeness (QED) is 0.484. The van der Waals surface area contributed by atoms with Crippen molar-refractivity contribution < 1.29 is 22.3 Å². The van der Waals surface area contributed by atoms with Gasteiger partial charge in [0.25, 0.3) is 5.56 Å². The van der Waals surface area contributed by atoms with E-state index in [9.17, 15) is 22.3 Å². The molecule has 0 spiro atoms. The smallest absolute Gasteiger partial charge is 0.273 e. The average Bonchev–Trinajstić information content (AvgIpc) is 2.66.